The Bertz CT molecular complexity index is 565. The second kappa shape index (κ2) is 6.11. The first kappa shape index (κ1) is 13.2. The number of rotatable bonds is 4. The highest BCUT2D eigenvalue weighted by Gasteiger charge is 2.08. The first-order valence-corrected chi connectivity index (χ1v) is 6.08. The third-order valence-corrected chi connectivity index (χ3v) is 2.87. The minimum Gasteiger partial charge on any atom is -0.464 e. The summed E-state index contributed by atoms with van der Waals surface area (Å²) in [5, 5.41) is 0. The van der Waals surface area contributed by atoms with E-state index in [1.54, 1.807) is 12.3 Å². The first-order valence-electron chi connectivity index (χ1n) is 6.08. The lowest BCUT2D eigenvalue weighted by atomic mass is 10.0. The van der Waals surface area contributed by atoms with E-state index in [1.807, 2.05) is 30.3 Å². The summed E-state index contributed by atoms with van der Waals surface area (Å²) < 4.78 is 4.66. The number of nitrogens with zero attached hydrogens (tertiary/aromatic N) is 1. The van der Waals surface area contributed by atoms with Crippen molar-refractivity contribution in [1.29, 1.82) is 0 Å². The molecule has 0 unspecified atom stereocenters. The van der Waals surface area contributed by atoms with Gasteiger partial charge in [-0.1, -0.05) is 24.3 Å². The molecule has 4 heteroatoms. The Morgan fingerprint density at radius 2 is 1.95 bits per heavy atom. The number of hydrogen-bond acceptors (Lipinski definition) is 4. The van der Waals surface area contributed by atoms with Crippen LogP contribution >= 0.6 is 0 Å². The van der Waals surface area contributed by atoms with Crippen LogP contribution in [0.3, 0.4) is 0 Å². The predicted molar refractivity (Wildman–Crippen MR) is 73.8 cm³/mol. The van der Waals surface area contributed by atoms with Gasteiger partial charge in [-0.15, -0.1) is 0 Å². The van der Waals surface area contributed by atoms with Crippen LogP contribution in [-0.2, 0) is 11.2 Å². The number of esters is 1. The van der Waals surface area contributed by atoms with Crippen molar-refractivity contribution in [1.82, 2.24) is 4.98 Å². The van der Waals surface area contributed by atoms with E-state index in [0.717, 1.165) is 17.5 Å². The molecule has 0 fully saturated rings. The number of nitrogens with two attached hydrogens (primary N) is 1. The molecular weight excluding hydrogens is 240 g/mol. The Hall–Kier alpha value is -2.20. The van der Waals surface area contributed by atoms with Crippen molar-refractivity contribution >= 4 is 5.97 Å². The van der Waals surface area contributed by atoms with Crippen molar-refractivity contribution in [2.45, 2.75) is 6.42 Å². The van der Waals surface area contributed by atoms with E-state index in [9.17, 15) is 4.79 Å². The van der Waals surface area contributed by atoms with Gasteiger partial charge in [0.1, 0.15) is 5.69 Å². The standard InChI is InChI=1S/C15H16N2O2/c1-19-15(18)14-10-13(7-9-17-14)12-4-2-11(3-5-12)6-8-16/h2-5,7,9-10H,6,8,16H2,1H3. The lowest BCUT2D eigenvalue weighted by Crippen LogP contribution is -2.04. The van der Waals surface area contributed by atoms with Crippen molar-refractivity contribution in [3.8, 4) is 11.1 Å². The summed E-state index contributed by atoms with van der Waals surface area (Å²) in [5.41, 5.74) is 9.01. The summed E-state index contributed by atoms with van der Waals surface area (Å²) in [6.07, 6.45) is 2.47. The lowest BCUT2D eigenvalue weighted by Gasteiger charge is -2.05. The SMILES string of the molecule is COC(=O)c1cc(-c2ccc(CCN)cc2)ccn1. The number of hydrogen-bond donors (Lipinski definition) is 1. The Morgan fingerprint density at radius 1 is 1.21 bits per heavy atom. The highest BCUT2D eigenvalue weighted by atomic mass is 16.5. The minimum atomic E-state index is -0.429. The molecule has 0 amide bonds. The molecule has 0 saturated heterocycles. The smallest absolute Gasteiger partial charge is 0.356 e. The van der Waals surface area contributed by atoms with E-state index in [1.165, 1.54) is 12.7 Å². The highest BCUT2D eigenvalue weighted by Crippen LogP contribution is 2.20. The van der Waals surface area contributed by atoms with Gasteiger partial charge in [0.2, 0.25) is 0 Å². The maximum Gasteiger partial charge on any atom is 0.356 e. The zero-order valence-corrected chi connectivity index (χ0v) is 10.8. The molecule has 0 radical (unpaired) electrons. The molecule has 0 saturated carbocycles. The van der Waals surface area contributed by atoms with Gasteiger partial charge in [0.05, 0.1) is 7.11 Å². The third-order valence-electron chi connectivity index (χ3n) is 2.87. The number of methoxy groups -OCH3 is 1. The van der Waals surface area contributed by atoms with Crippen LogP contribution in [0.4, 0.5) is 0 Å². The number of benzene rings is 1. The Morgan fingerprint density at radius 3 is 2.58 bits per heavy atom. The van der Waals surface area contributed by atoms with Gasteiger partial charge < -0.3 is 10.5 Å². The van der Waals surface area contributed by atoms with Crippen molar-refractivity contribution in [3.05, 3.63) is 53.9 Å². The van der Waals surface area contributed by atoms with Crippen molar-refractivity contribution in [3.63, 3.8) is 0 Å². The quantitative estimate of drug-likeness (QED) is 0.850. The molecule has 0 spiro atoms. The van der Waals surface area contributed by atoms with Crippen LogP contribution in [-0.4, -0.2) is 24.6 Å². The number of carbonyl (C=O) groups excluding carboxylic acids is 1. The van der Waals surface area contributed by atoms with Gasteiger partial charge in [-0.2, -0.15) is 0 Å². The second-order valence-corrected chi connectivity index (χ2v) is 4.16. The van der Waals surface area contributed by atoms with E-state index >= 15 is 0 Å². The van der Waals surface area contributed by atoms with Crippen LogP contribution in [0.15, 0.2) is 42.6 Å². The average molecular weight is 256 g/mol. The molecule has 1 aromatic carbocycles. The van der Waals surface area contributed by atoms with Crippen LogP contribution < -0.4 is 5.73 Å². The minimum absolute atomic E-state index is 0.311. The number of pyridine rings is 1. The topological polar surface area (TPSA) is 65.2 Å². The van der Waals surface area contributed by atoms with E-state index in [2.05, 4.69) is 9.72 Å². The van der Waals surface area contributed by atoms with Gasteiger partial charge in [-0.3, -0.25) is 0 Å². The zero-order chi connectivity index (χ0) is 13.7. The fraction of sp³-hybridized carbons (Fsp3) is 0.200. The fourth-order valence-corrected chi connectivity index (χ4v) is 1.86. The normalized spacial score (nSPS) is 10.2. The molecule has 0 aliphatic rings. The van der Waals surface area contributed by atoms with Crippen LogP contribution in [0.5, 0.6) is 0 Å². The lowest BCUT2D eigenvalue weighted by molar-refractivity contribution is 0.0594. The van der Waals surface area contributed by atoms with Crippen LogP contribution in [0.2, 0.25) is 0 Å². The number of carbonyl (C=O) groups is 1. The van der Waals surface area contributed by atoms with Crippen LogP contribution in [0.25, 0.3) is 11.1 Å². The van der Waals surface area contributed by atoms with Crippen molar-refractivity contribution in [2.75, 3.05) is 13.7 Å². The monoisotopic (exact) mass is 256 g/mol. The summed E-state index contributed by atoms with van der Waals surface area (Å²) in [6, 6.07) is 11.7. The Balaban J connectivity index is 2.28. The molecule has 2 N–H and O–H groups in total. The molecule has 2 aromatic rings. The maximum absolute atomic E-state index is 11.4. The van der Waals surface area contributed by atoms with Gasteiger partial charge in [-0.25, -0.2) is 9.78 Å². The summed E-state index contributed by atoms with van der Waals surface area (Å²) in [5.74, 6) is -0.429. The molecule has 2 rings (SSSR count). The molecular formula is C15H16N2O2. The molecule has 0 bridgehead atoms. The predicted octanol–water partition coefficient (Wildman–Crippen LogP) is 2.04. The van der Waals surface area contributed by atoms with Gasteiger partial charge in [0, 0.05) is 6.20 Å². The summed E-state index contributed by atoms with van der Waals surface area (Å²) in [4.78, 5) is 15.4. The van der Waals surface area contributed by atoms with Gasteiger partial charge in [0.25, 0.3) is 0 Å². The van der Waals surface area contributed by atoms with Crippen LogP contribution in [0.1, 0.15) is 16.1 Å². The molecule has 1 aromatic heterocycles. The summed E-state index contributed by atoms with van der Waals surface area (Å²) in [6.45, 7) is 0.640. The first-order chi connectivity index (χ1) is 9.24. The third kappa shape index (κ3) is 3.17. The largest absolute Gasteiger partial charge is 0.464 e. The second-order valence-electron chi connectivity index (χ2n) is 4.16. The van der Waals surface area contributed by atoms with Crippen molar-refractivity contribution in [2.24, 2.45) is 5.73 Å². The zero-order valence-electron chi connectivity index (χ0n) is 10.8. The maximum atomic E-state index is 11.4. The van der Waals surface area contributed by atoms with Crippen molar-refractivity contribution < 1.29 is 9.53 Å². The van der Waals surface area contributed by atoms with Gasteiger partial charge in [-0.05, 0) is 41.8 Å². The van der Waals surface area contributed by atoms with E-state index < -0.39 is 5.97 Å². The number of ether oxygens (including phenoxy) is 1. The van der Waals surface area contributed by atoms with Gasteiger partial charge in [0.15, 0.2) is 0 Å². The van der Waals surface area contributed by atoms with E-state index in [-0.39, 0.29) is 0 Å². The average Bonchev–Trinajstić information content (AvgIpc) is 2.48. The van der Waals surface area contributed by atoms with Crippen LogP contribution in [0, 0.1) is 0 Å². The number of aromatic nitrogens is 1. The molecule has 19 heavy (non-hydrogen) atoms. The summed E-state index contributed by atoms with van der Waals surface area (Å²) >= 11 is 0. The molecule has 1 heterocycles. The molecule has 0 atom stereocenters. The van der Waals surface area contributed by atoms with Gasteiger partial charge >= 0.3 is 5.97 Å². The Labute approximate surface area is 112 Å². The Kier molecular flexibility index (Phi) is 4.26. The summed E-state index contributed by atoms with van der Waals surface area (Å²) in [7, 11) is 1.35. The molecule has 0 aliphatic heterocycles. The van der Waals surface area contributed by atoms with E-state index in [4.69, 9.17) is 5.73 Å². The molecule has 98 valence electrons. The van der Waals surface area contributed by atoms with E-state index in [0.29, 0.717) is 12.2 Å². The molecule has 4 nitrogen and oxygen atoms in total. The highest BCUT2D eigenvalue weighted by molar-refractivity contribution is 5.88. The molecule has 0 aliphatic carbocycles. The fourth-order valence-electron chi connectivity index (χ4n) is 1.86.